The predicted molar refractivity (Wildman–Crippen MR) is 60.9 cm³/mol. The maximum Gasteiger partial charge on any atom is 0.299 e. The number of nitrogens with zero attached hydrogens (tertiary/aromatic N) is 1. The zero-order valence-corrected chi connectivity index (χ0v) is 10.2. The summed E-state index contributed by atoms with van der Waals surface area (Å²) < 4.78 is 1.61. The van der Waals surface area contributed by atoms with Crippen LogP contribution in [0, 0.1) is 0 Å². The summed E-state index contributed by atoms with van der Waals surface area (Å²) >= 11 is -0.654. The van der Waals surface area contributed by atoms with Crippen LogP contribution in [0.2, 0.25) is 11.6 Å². The van der Waals surface area contributed by atoms with Crippen LogP contribution in [0.15, 0.2) is 24.3 Å². The Hall–Kier alpha value is -0.288. The summed E-state index contributed by atoms with van der Waals surface area (Å²) in [6.45, 7) is 1.07. The molecule has 0 aliphatic carbocycles. The highest BCUT2D eigenvalue weighted by Crippen LogP contribution is 2.01. The van der Waals surface area contributed by atoms with E-state index in [-0.39, 0.29) is 0 Å². The molecule has 1 aromatic carbocycles. The Morgan fingerprint density at radius 1 is 1.15 bits per heavy atom. The van der Waals surface area contributed by atoms with Crippen molar-refractivity contribution in [2.45, 2.75) is 18.1 Å². The molecule has 0 bridgehead atoms. The first kappa shape index (κ1) is 10.8. The van der Waals surface area contributed by atoms with Crippen LogP contribution in [-0.2, 0) is 6.54 Å². The van der Waals surface area contributed by atoms with Crippen molar-refractivity contribution in [2.24, 2.45) is 0 Å². The molecule has 70 valence electrons. The zero-order chi connectivity index (χ0) is 9.84. The van der Waals surface area contributed by atoms with Gasteiger partial charge >= 0.3 is 0 Å². The minimum absolute atomic E-state index is 0.654. The van der Waals surface area contributed by atoms with Crippen LogP contribution >= 0.6 is 0 Å². The molecule has 0 saturated carbocycles. The van der Waals surface area contributed by atoms with Gasteiger partial charge in [-0.05, 0) is 19.7 Å². The summed E-state index contributed by atoms with van der Waals surface area (Å²) in [7, 11) is 4.25. The van der Waals surface area contributed by atoms with Crippen LogP contribution < -0.4 is 4.43 Å². The zero-order valence-electron chi connectivity index (χ0n) is 9.04. The van der Waals surface area contributed by atoms with Crippen molar-refractivity contribution in [3.63, 3.8) is 0 Å². The SMILES string of the molecule is CN(C)Cc1cccc[c]1[Al]([CH3])[CH3]. The van der Waals surface area contributed by atoms with E-state index in [9.17, 15) is 0 Å². The van der Waals surface area contributed by atoms with Gasteiger partial charge in [-0.25, -0.2) is 0 Å². The highest BCUT2D eigenvalue weighted by Gasteiger charge is 2.10. The van der Waals surface area contributed by atoms with Crippen molar-refractivity contribution < 1.29 is 0 Å². The van der Waals surface area contributed by atoms with E-state index in [1.165, 1.54) is 5.56 Å². The second-order valence-electron chi connectivity index (χ2n) is 4.09. The van der Waals surface area contributed by atoms with Crippen LogP contribution in [0.1, 0.15) is 5.56 Å². The molecule has 0 saturated heterocycles. The van der Waals surface area contributed by atoms with Crippen molar-refractivity contribution in [3.05, 3.63) is 29.8 Å². The molecule has 0 heterocycles. The van der Waals surface area contributed by atoms with Gasteiger partial charge in [-0.2, -0.15) is 0 Å². The fourth-order valence-corrected chi connectivity index (χ4v) is 3.01. The van der Waals surface area contributed by atoms with Crippen LogP contribution in [0.25, 0.3) is 0 Å². The molecule has 0 N–H and O–H groups in total. The van der Waals surface area contributed by atoms with E-state index in [4.69, 9.17) is 0 Å². The van der Waals surface area contributed by atoms with Crippen LogP contribution in [0.4, 0.5) is 0 Å². The summed E-state index contributed by atoms with van der Waals surface area (Å²) in [6, 6.07) is 8.83. The molecular weight excluding hydrogens is 173 g/mol. The molecule has 0 aliphatic rings. The summed E-state index contributed by atoms with van der Waals surface area (Å²) in [5, 5.41) is 0. The lowest BCUT2D eigenvalue weighted by Crippen LogP contribution is -2.29. The lowest BCUT2D eigenvalue weighted by atomic mass is 10.2. The van der Waals surface area contributed by atoms with E-state index in [2.05, 4.69) is 54.8 Å². The van der Waals surface area contributed by atoms with Gasteiger partial charge in [-0.1, -0.05) is 24.3 Å². The molecule has 0 fully saturated rings. The smallest absolute Gasteiger partial charge is 0.299 e. The molecule has 1 aromatic rings. The molecule has 0 aromatic heterocycles. The van der Waals surface area contributed by atoms with E-state index >= 15 is 0 Å². The van der Waals surface area contributed by atoms with Gasteiger partial charge in [-0.3, -0.25) is 0 Å². The van der Waals surface area contributed by atoms with Crippen LogP contribution in [0.3, 0.4) is 0 Å². The highest BCUT2D eigenvalue weighted by atomic mass is 27.2. The molecule has 1 rings (SSSR count). The Labute approximate surface area is 85.8 Å². The number of hydrogen-bond acceptors (Lipinski definition) is 1. The van der Waals surface area contributed by atoms with Gasteiger partial charge in [0.25, 0.3) is 14.1 Å². The van der Waals surface area contributed by atoms with E-state index in [1.807, 2.05) is 0 Å². The van der Waals surface area contributed by atoms with E-state index in [0.29, 0.717) is 0 Å². The lowest BCUT2D eigenvalue weighted by molar-refractivity contribution is 0.403. The minimum Gasteiger partial charge on any atom is -0.305 e. The molecule has 0 amide bonds. The minimum atomic E-state index is -0.654. The van der Waals surface area contributed by atoms with Gasteiger partial charge in [0.15, 0.2) is 0 Å². The largest absolute Gasteiger partial charge is 0.305 e. The Bertz CT molecular complexity index is 269. The summed E-state index contributed by atoms with van der Waals surface area (Å²) in [6.07, 6.45) is 0. The van der Waals surface area contributed by atoms with Crippen molar-refractivity contribution in [2.75, 3.05) is 14.1 Å². The number of hydrogen-bond donors (Lipinski definition) is 0. The molecule has 0 spiro atoms. The number of rotatable bonds is 3. The van der Waals surface area contributed by atoms with Gasteiger partial charge < -0.3 is 4.90 Å². The third-order valence-electron chi connectivity index (χ3n) is 2.16. The Morgan fingerprint density at radius 3 is 2.31 bits per heavy atom. The Kier molecular flexibility index (Phi) is 3.99. The first-order chi connectivity index (χ1) is 6.11. The first-order valence-corrected chi connectivity index (χ1v) is 7.72. The van der Waals surface area contributed by atoms with Gasteiger partial charge in [0.1, 0.15) is 0 Å². The summed E-state index contributed by atoms with van der Waals surface area (Å²) in [5.74, 6) is 4.77. The highest BCUT2D eigenvalue weighted by molar-refractivity contribution is 6.71. The third kappa shape index (κ3) is 3.16. The van der Waals surface area contributed by atoms with Crippen molar-refractivity contribution in [1.82, 2.24) is 4.90 Å². The molecule has 1 nitrogen and oxygen atoms in total. The molecule has 0 radical (unpaired) electrons. The topological polar surface area (TPSA) is 3.24 Å². The molecule has 0 aliphatic heterocycles. The quantitative estimate of drug-likeness (QED) is 0.657. The van der Waals surface area contributed by atoms with Crippen molar-refractivity contribution in [1.29, 1.82) is 0 Å². The van der Waals surface area contributed by atoms with Gasteiger partial charge in [0.2, 0.25) is 0 Å². The molecule has 2 heteroatoms. The fourth-order valence-electron chi connectivity index (χ4n) is 1.58. The summed E-state index contributed by atoms with van der Waals surface area (Å²) in [4.78, 5) is 2.23. The van der Waals surface area contributed by atoms with E-state index in [0.717, 1.165) is 6.54 Å². The van der Waals surface area contributed by atoms with Gasteiger partial charge in [0.05, 0.1) is 0 Å². The second-order valence-corrected chi connectivity index (χ2v) is 7.02. The van der Waals surface area contributed by atoms with E-state index < -0.39 is 14.1 Å². The molecule has 0 atom stereocenters. The third-order valence-corrected chi connectivity index (χ3v) is 3.97. The Morgan fingerprint density at radius 2 is 1.77 bits per heavy atom. The first-order valence-electron chi connectivity index (χ1n) is 4.83. The average molecular weight is 191 g/mol. The predicted octanol–water partition coefficient (Wildman–Crippen LogP) is 1.71. The van der Waals surface area contributed by atoms with Crippen LogP contribution in [0.5, 0.6) is 0 Å². The number of benzene rings is 1. The average Bonchev–Trinajstić information content (AvgIpc) is 2.03. The second kappa shape index (κ2) is 4.81. The van der Waals surface area contributed by atoms with Gasteiger partial charge in [-0.15, -0.1) is 16.0 Å². The fraction of sp³-hybridized carbons (Fsp3) is 0.455. The van der Waals surface area contributed by atoms with E-state index in [1.54, 1.807) is 4.43 Å². The maximum atomic E-state index is 2.38. The van der Waals surface area contributed by atoms with Crippen molar-refractivity contribution in [3.8, 4) is 0 Å². The molecule has 0 unspecified atom stereocenters. The standard InChI is InChI=1S/C9H12N.2CH3.Al/c1-10(2)8-9-6-4-3-5-7-9;;;/h3-6H,8H2,1-2H3;2*1H3;. The monoisotopic (exact) mass is 191 g/mol. The van der Waals surface area contributed by atoms with Crippen LogP contribution in [-0.4, -0.2) is 33.1 Å². The Balaban J connectivity index is 2.91. The van der Waals surface area contributed by atoms with Gasteiger partial charge in [0, 0.05) is 6.54 Å². The van der Waals surface area contributed by atoms with Crippen molar-refractivity contribution >= 4 is 18.6 Å². The molecular formula is C11H18AlN. The maximum absolute atomic E-state index is 2.38. The molecule has 13 heavy (non-hydrogen) atoms. The summed E-state index contributed by atoms with van der Waals surface area (Å²) in [5.41, 5.74) is 1.51. The lowest BCUT2D eigenvalue weighted by Gasteiger charge is -2.14. The normalized spacial score (nSPS) is 10.5.